The molecule has 0 saturated carbocycles. The monoisotopic (exact) mass is 331 g/mol. The topological polar surface area (TPSA) is 145 Å². The summed E-state index contributed by atoms with van der Waals surface area (Å²) < 4.78 is 0. The Morgan fingerprint density at radius 3 is 2.39 bits per heavy atom. The van der Waals surface area contributed by atoms with Gasteiger partial charge in [-0.1, -0.05) is 23.9 Å². The molecule has 0 fully saturated rings. The Morgan fingerprint density at radius 1 is 1.17 bits per heavy atom. The average molecular weight is 331 g/mol. The maximum Gasteiger partial charge on any atom is 0.250 e. The Balaban J connectivity index is 1.89. The van der Waals surface area contributed by atoms with E-state index >= 15 is 0 Å². The van der Waals surface area contributed by atoms with Gasteiger partial charge in [0, 0.05) is 11.8 Å². The minimum atomic E-state index is -0.283. The molecule has 0 unspecified atom stereocenters. The van der Waals surface area contributed by atoms with Gasteiger partial charge in [0.2, 0.25) is 0 Å². The van der Waals surface area contributed by atoms with Gasteiger partial charge in [-0.15, -0.1) is 0 Å². The maximum atomic E-state index is 11.8. The van der Waals surface area contributed by atoms with E-state index in [0.717, 1.165) is 17.3 Å². The number of hydrogen-bond donors (Lipinski definition) is 4. The van der Waals surface area contributed by atoms with E-state index in [4.69, 9.17) is 17.2 Å². The van der Waals surface area contributed by atoms with Crippen LogP contribution in [0.1, 0.15) is 12.5 Å². The van der Waals surface area contributed by atoms with E-state index in [-0.39, 0.29) is 23.3 Å². The number of thioether (sulfide) groups is 1. The molecule has 8 nitrogen and oxygen atoms in total. The van der Waals surface area contributed by atoms with Gasteiger partial charge >= 0.3 is 0 Å². The van der Waals surface area contributed by atoms with Crippen LogP contribution in [0.5, 0.6) is 0 Å². The Kier molecular flexibility index (Phi) is 5.36. The number of aromatic nitrogens is 2. The quantitative estimate of drug-likeness (QED) is 0.209. The molecular weight excluding hydrogens is 314 g/mol. The first-order valence-electron chi connectivity index (χ1n) is 6.66. The highest BCUT2D eigenvalue weighted by atomic mass is 32.2. The van der Waals surface area contributed by atoms with Crippen LogP contribution in [0.3, 0.4) is 0 Å². The van der Waals surface area contributed by atoms with Gasteiger partial charge in [0.25, 0.3) is 5.91 Å². The molecule has 1 aromatic heterocycles. The molecule has 120 valence electrons. The van der Waals surface area contributed by atoms with Crippen LogP contribution >= 0.6 is 11.8 Å². The van der Waals surface area contributed by atoms with Crippen molar-refractivity contribution in [2.75, 3.05) is 23.0 Å². The summed E-state index contributed by atoms with van der Waals surface area (Å²) in [4.78, 5) is 19.8. The lowest BCUT2D eigenvalue weighted by Crippen LogP contribution is -2.21. The number of nitrogen functional groups attached to an aromatic ring is 3. The van der Waals surface area contributed by atoms with Crippen LogP contribution in [0.25, 0.3) is 0 Å². The Bertz CT molecular complexity index is 710. The highest BCUT2D eigenvalue weighted by molar-refractivity contribution is 7.99. The molecule has 0 bridgehead atoms. The molecule has 0 saturated heterocycles. The van der Waals surface area contributed by atoms with Crippen LogP contribution in [0, 0.1) is 0 Å². The average Bonchev–Trinajstić information content (AvgIpc) is 2.50. The normalized spacial score (nSPS) is 11.3. The molecule has 0 aliphatic rings. The van der Waals surface area contributed by atoms with Crippen molar-refractivity contribution in [2.24, 2.45) is 5.10 Å². The first kappa shape index (κ1) is 16.6. The molecule has 0 radical (unpaired) electrons. The van der Waals surface area contributed by atoms with Crippen molar-refractivity contribution < 1.29 is 4.79 Å². The third-order valence-corrected chi connectivity index (χ3v) is 3.60. The third-order valence-electron chi connectivity index (χ3n) is 2.75. The zero-order valence-corrected chi connectivity index (χ0v) is 13.3. The van der Waals surface area contributed by atoms with Crippen molar-refractivity contribution in [2.45, 2.75) is 12.1 Å². The van der Waals surface area contributed by atoms with Crippen LogP contribution in [0.15, 0.2) is 40.6 Å². The minimum Gasteiger partial charge on any atom is -0.399 e. The number of nitrogens with zero attached hydrogens (tertiary/aromatic N) is 3. The first-order valence-corrected chi connectivity index (χ1v) is 7.64. The Hall–Kier alpha value is -2.81. The van der Waals surface area contributed by atoms with Gasteiger partial charge in [0.05, 0.1) is 11.5 Å². The minimum absolute atomic E-state index is 0.0986. The number of rotatable bonds is 5. The zero-order chi connectivity index (χ0) is 16.8. The summed E-state index contributed by atoms with van der Waals surface area (Å²) in [5, 5.41) is 4.39. The van der Waals surface area contributed by atoms with Crippen molar-refractivity contribution in [3.63, 3.8) is 0 Å². The van der Waals surface area contributed by atoms with Crippen molar-refractivity contribution in [1.29, 1.82) is 0 Å². The number of carbonyl (C=O) groups excluding carboxylic acids is 1. The Labute approximate surface area is 137 Å². The summed E-state index contributed by atoms with van der Waals surface area (Å²) in [6, 6.07) is 8.66. The summed E-state index contributed by atoms with van der Waals surface area (Å²) in [5.41, 5.74) is 21.4. The summed E-state index contributed by atoms with van der Waals surface area (Å²) in [6.45, 7) is 1.79. The second-order valence-corrected chi connectivity index (χ2v) is 5.59. The van der Waals surface area contributed by atoms with Gasteiger partial charge in [-0.25, -0.2) is 15.4 Å². The van der Waals surface area contributed by atoms with E-state index in [1.165, 1.54) is 6.07 Å². The number of anilines is 3. The van der Waals surface area contributed by atoms with Gasteiger partial charge in [-0.05, 0) is 24.6 Å². The molecule has 1 aromatic carbocycles. The smallest absolute Gasteiger partial charge is 0.250 e. The molecule has 1 heterocycles. The third kappa shape index (κ3) is 5.15. The van der Waals surface area contributed by atoms with Crippen molar-refractivity contribution in [3.05, 3.63) is 35.9 Å². The SMILES string of the molecule is C/C(=N\NC(=O)CSc1nc(N)cc(N)n1)c1ccc(N)cc1. The second-order valence-electron chi connectivity index (χ2n) is 4.64. The number of nitrogens with two attached hydrogens (primary N) is 3. The molecule has 1 amide bonds. The lowest BCUT2D eigenvalue weighted by atomic mass is 10.1. The lowest BCUT2D eigenvalue weighted by molar-refractivity contribution is -0.118. The number of hydrogen-bond acceptors (Lipinski definition) is 8. The van der Waals surface area contributed by atoms with Crippen molar-refractivity contribution in [3.8, 4) is 0 Å². The van der Waals surface area contributed by atoms with Crippen LogP contribution in [-0.2, 0) is 4.79 Å². The molecular formula is C14H17N7OS. The zero-order valence-electron chi connectivity index (χ0n) is 12.5. The van der Waals surface area contributed by atoms with Crippen LogP contribution < -0.4 is 22.6 Å². The van der Waals surface area contributed by atoms with Gasteiger partial charge in [0.1, 0.15) is 11.6 Å². The summed E-state index contributed by atoms with van der Waals surface area (Å²) in [7, 11) is 0. The molecule has 0 aliphatic heterocycles. The molecule has 2 rings (SSSR count). The fourth-order valence-corrected chi connectivity index (χ4v) is 2.29. The molecule has 0 atom stereocenters. The van der Waals surface area contributed by atoms with Gasteiger partial charge in [-0.3, -0.25) is 4.79 Å². The highest BCUT2D eigenvalue weighted by Gasteiger charge is 2.06. The number of amides is 1. The number of benzene rings is 1. The second kappa shape index (κ2) is 7.45. The number of hydrazone groups is 1. The number of carbonyl (C=O) groups is 1. The maximum absolute atomic E-state index is 11.8. The predicted molar refractivity (Wildman–Crippen MR) is 92.8 cm³/mol. The first-order chi connectivity index (χ1) is 10.9. The summed E-state index contributed by atoms with van der Waals surface area (Å²) in [5.74, 6) is 0.339. The summed E-state index contributed by atoms with van der Waals surface area (Å²) in [6.07, 6.45) is 0. The Morgan fingerprint density at radius 2 is 1.78 bits per heavy atom. The van der Waals surface area contributed by atoms with Gasteiger partial charge in [-0.2, -0.15) is 5.10 Å². The summed E-state index contributed by atoms with van der Waals surface area (Å²) >= 11 is 1.13. The molecule has 9 heteroatoms. The van der Waals surface area contributed by atoms with E-state index < -0.39 is 0 Å². The van der Waals surface area contributed by atoms with Crippen LogP contribution in [0.2, 0.25) is 0 Å². The molecule has 0 spiro atoms. The standard InChI is InChI=1S/C14H17N7OS/c1-8(9-2-4-10(15)5-3-9)20-21-13(22)7-23-14-18-11(16)6-12(17)19-14/h2-6H,7,15H2,1H3,(H,21,22)(H4,16,17,18,19)/b20-8+. The van der Waals surface area contributed by atoms with E-state index in [9.17, 15) is 4.79 Å². The van der Waals surface area contributed by atoms with E-state index in [1.54, 1.807) is 19.1 Å². The largest absolute Gasteiger partial charge is 0.399 e. The molecule has 7 N–H and O–H groups in total. The van der Waals surface area contributed by atoms with E-state index in [0.29, 0.717) is 16.6 Å². The fourth-order valence-electron chi connectivity index (χ4n) is 1.62. The molecule has 23 heavy (non-hydrogen) atoms. The van der Waals surface area contributed by atoms with Crippen LogP contribution in [0.4, 0.5) is 17.3 Å². The van der Waals surface area contributed by atoms with Crippen LogP contribution in [-0.4, -0.2) is 27.3 Å². The van der Waals surface area contributed by atoms with Gasteiger partial charge in [0.15, 0.2) is 5.16 Å². The molecule has 0 aliphatic carbocycles. The number of nitrogens with one attached hydrogen (secondary N) is 1. The lowest BCUT2D eigenvalue weighted by Gasteiger charge is -2.04. The van der Waals surface area contributed by atoms with E-state index in [1.807, 2.05) is 12.1 Å². The van der Waals surface area contributed by atoms with Crippen molar-refractivity contribution in [1.82, 2.24) is 15.4 Å². The predicted octanol–water partition coefficient (Wildman–Crippen LogP) is 0.856. The fraction of sp³-hybridized carbons (Fsp3) is 0.143. The van der Waals surface area contributed by atoms with Gasteiger partial charge < -0.3 is 17.2 Å². The van der Waals surface area contributed by atoms with E-state index in [2.05, 4.69) is 20.5 Å². The highest BCUT2D eigenvalue weighted by Crippen LogP contribution is 2.15. The molecule has 2 aromatic rings. The van der Waals surface area contributed by atoms with Crippen molar-refractivity contribution >= 4 is 40.7 Å².